The Bertz CT molecular complexity index is 895. The van der Waals surface area contributed by atoms with E-state index >= 15 is 0 Å². The summed E-state index contributed by atoms with van der Waals surface area (Å²) >= 11 is 0. The number of aliphatic hydroxyl groups excluding tert-OH is 4. The second kappa shape index (κ2) is 14.3. The molecule has 4 N–H and O–H groups in total. The number of ether oxygens (including phenoxy) is 4. The van der Waals surface area contributed by atoms with E-state index in [0.29, 0.717) is 5.57 Å². The number of esters is 2. The van der Waals surface area contributed by atoms with Crippen molar-refractivity contribution < 1.29 is 53.8 Å². The van der Waals surface area contributed by atoms with Gasteiger partial charge >= 0.3 is 11.9 Å². The molecule has 0 amide bonds. The molecule has 1 fully saturated rings. The van der Waals surface area contributed by atoms with Gasteiger partial charge in [0.05, 0.1) is 18.6 Å². The number of carbonyl (C=O) groups excluding carboxylic acids is 3. The summed E-state index contributed by atoms with van der Waals surface area (Å²) in [5.41, 5.74) is 1.17. The van der Waals surface area contributed by atoms with Crippen molar-refractivity contribution in [2.45, 2.75) is 110 Å². The predicted octanol–water partition coefficient (Wildman–Crippen LogP) is 0.953. The normalized spacial score (nSPS) is 37.2. The molecule has 11 nitrogen and oxygen atoms in total. The molecule has 2 rings (SSSR count). The lowest BCUT2D eigenvalue weighted by molar-refractivity contribution is -0.209. The molecule has 0 aromatic carbocycles. The van der Waals surface area contributed by atoms with Crippen molar-refractivity contribution in [3.63, 3.8) is 0 Å². The summed E-state index contributed by atoms with van der Waals surface area (Å²) in [6, 6.07) is 0. The highest BCUT2D eigenvalue weighted by Gasteiger charge is 2.47. The van der Waals surface area contributed by atoms with Gasteiger partial charge in [-0.1, -0.05) is 26.0 Å². The molecule has 0 aromatic rings. The number of ketones is 1. The average Bonchev–Trinajstić information content (AvgIpc) is 3.13. The van der Waals surface area contributed by atoms with E-state index < -0.39 is 85.7 Å². The Morgan fingerprint density at radius 2 is 1.84 bits per heavy atom. The van der Waals surface area contributed by atoms with E-state index in [-0.39, 0.29) is 18.8 Å². The minimum absolute atomic E-state index is 0.0148. The molecule has 2 heterocycles. The first-order chi connectivity index (χ1) is 17.8. The third-order valence-electron chi connectivity index (χ3n) is 6.89. The maximum atomic E-state index is 13.4. The topological polar surface area (TPSA) is 169 Å². The number of cyclic esters (lactones) is 1. The molecule has 9 atom stereocenters. The highest BCUT2D eigenvalue weighted by Crippen LogP contribution is 2.29. The van der Waals surface area contributed by atoms with Crippen LogP contribution in [0, 0.1) is 11.8 Å². The molecule has 0 spiro atoms. The van der Waals surface area contributed by atoms with Crippen LogP contribution in [0.3, 0.4) is 0 Å². The van der Waals surface area contributed by atoms with Crippen LogP contribution in [-0.4, -0.2) is 93.8 Å². The minimum atomic E-state index is -1.55. The van der Waals surface area contributed by atoms with Crippen molar-refractivity contribution in [3.05, 3.63) is 23.3 Å². The zero-order chi connectivity index (χ0) is 28.7. The molecule has 0 bridgehead atoms. The van der Waals surface area contributed by atoms with Gasteiger partial charge in [0.2, 0.25) is 0 Å². The summed E-state index contributed by atoms with van der Waals surface area (Å²) < 4.78 is 22.6. The van der Waals surface area contributed by atoms with E-state index in [0.717, 1.165) is 5.57 Å². The first-order valence-corrected chi connectivity index (χ1v) is 13.0. The highest BCUT2D eigenvalue weighted by atomic mass is 16.7. The average molecular weight is 543 g/mol. The quantitative estimate of drug-likeness (QED) is 0.267. The van der Waals surface area contributed by atoms with Crippen LogP contribution >= 0.6 is 0 Å². The summed E-state index contributed by atoms with van der Waals surface area (Å²) in [5.74, 6) is -3.15. The van der Waals surface area contributed by atoms with Crippen LogP contribution in [0.15, 0.2) is 23.3 Å². The Balaban J connectivity index is 2.55. The molecular formula is C27H42O11. The molecule has 2 aliphatic heterocycles. The molecule has 0 aromatic heterocycles. The maximum Gasteiger partial charge on any atom is 0.311 e. The summed E-state index contributed by atoms with van der Waals surface area (Å²) in [5, 5.41) is 40.8. The molecule has 0 aliphatic carbocycles. The molecule has 216 valence electrons. The summed E-state index contributed by atoms with van der Waals surface area (Å²) in [4.78, 5) is 38.8. The number of rotatable bonds is 7. The van der Waals surface area contributed by atoms with Crippen LogP contribution in [0.1, 0.15) is 60.8 Å². The van der Waals surface area contributed by atoms with Crippen molar-refractivity contribution in [2.75, 3.05) is 6.61 Å². The van der Waals surface area contributed by atoms with E-state index in [1.165, 1.54) is 6.92 Å². The van der Waals surface area contributed by atoms with Gasteiger partial charge in [0, 0.05) is 19.3 Å². The maximum absolute atomic E-state index is 13.4. The molecule has 38 heavy (non-hydrogen) atoms. The van der Waals surface area contributed by atoms with Crippen LogP contribution < -0.4 is 0 Å². The summed E-state index contributed by atoms with van der Waals surface area (Å²) in [6.45, 7) is 9.69. The fraction of sp³-hybridized carbons (Fsp3) is 0.741. The van der Waals surface area contributed by atoms with Crippen molar-refractivity contribution >= 4 is 17.7 Å². The SMILES string of the molecule is C/C=C(/C)[C@H]1C/C=C(/C)[C@H](O[C@@H]2O[C@@H](CO)[C@@H](O)[C@H]2O)[C@H](OC(=O)CC(C)C)C(=O)C[C@H](O)[C@@H](C)C(=O)O1. The number of hydrogen-bond donors (Lipinski definition) is 4. The molecular weight excluding hydrogens is 500 g/mol. The second-order valence-corrected chi connectivity index (χ2v) is 10.4. The van der Waals surface area contributed by atoms with Gasteiger partial charge in [-0.15, -0.1) is 0 Å². The predicted molar refractivity (Wildman–Crippen MR) is 134 cm³/mol. The monoisotopic (exact) mass is 542 g/mol. The Hall–Kier alpha value is -2.15. The van der Waals surface area contributed by atoms with E-state index in [1.807, 2.05) is 13.8 Å². The number of aliphatic hydroxyl groups is 4. The Morgan fingerprint density at radius 1 is 1.18 bits per heavy atom. The van der Waals surface area contributed by atoms with Crippen molar-refractivity contribution in [1.29, 1.82) is 0 Å². The van der Waals surface area contributed by atoms with Crippen LogP contribution in [0.4, 0.5) is 0 Å². The van der Waals surface area contributed by atoms with E-state index in [4.69, 9.17) is 18.9 Å². The zero-order valence-electron chi connectivity index (χ0n) is 22.9. The van der Waals surface area contributed by atoms with Gasteiger partial charge < -0.3 is 39.4 Å². The van der Waals surface area contributed by atoms with Gasteiger partial charge in [-0.2, -0.15) is 0 Å². The summed E-state index contributed by atoms with van der Waals surface area (Å²) in [7, 11) is 0. The Morgan fingerprint density at radius 3 is 2.39 bits per heavy atom. The third-order valence-corrected chi connectivity index (χ3v) is 6.89. The lowest BCUT2D eigenvalue weighted by atomic mass is 9.92. The largest absolute Gasteiger partial charge is 0.457 e. The van der Waals surface area contributed by atoms with Gasteiger partial charge in [-0.25, -0.2) is 0 Å². The lowest BCUT2D eigenvalue weighted by Gasteiger charge is -2.32. The number of allylic oxidation sites excluding steroid dienone is 1. The van der Waals surface area contributed by atoms with Crippen LogP contribution in [0.2, 0.25) is 0 Å². The van der Waals surface area contributed by atoms with Crippen LogP contribution in [0.5, 0.6) is 0 Å². The van der Waals surface area contributed by atoms with Gasteiger partial charge in [-0.3, -0.25) is 14.4 Å². The van der Waals surface area contributed by atoms with Gasteiger partial charge in [0.25, 0.3) is 0 Å². The second-order valence-electron chi connectivity index (χ2n) is 10.4. The molecule has 2 aliphatic rings. The number of Topliss-reactive ketones (excluding diaryl/α,β-unsaturated/α-hetero) is 1. The van der Waals surface area contributed by atoms with E-state index in [2.05, 4.69) is 0 Å². The van der Waals surface area contributed by atoms with Crippen LogP contribution in [0.25, 0.3) is 0 Å². The minimum Gasteiger partial charge on any atom is -0.457 e. The van der Waals surface area contributed by atoms with E-state index in [1.54, 1.807) is 32.9 Å². The van der Waals surface area contributed by atoms with Crippen molar-refractivity contribution in [3.8, 4) is 0 Å². The van der Waals surface area contributed by atoms with Gasteiger partial charge in [0.1, 0.15) is 30.5 Å². The Labute approximate surface area is 223 Å². The first kappa shape index (κ1) is 32.1. The fourth-order valence-corrected chi connectivity index (χ4v) is 4.18. The molecule has 0 saturated carbocycles. The van der Waals surface area contributed by atoms with Crippen LogP contribution in [-0.2, 0) is 33.3 Å². The molecule has 1 saturated heterocycles. The number of hydrogen-bond acceptors (Lipinski definition) is 11. The van der Waals surface area contributed by atoms with Crippen molar-refractivity contribution in [1.82, 2.24) is 0 Å². The van der Waals surface area contributed by atoms with Crippen molar-refractivity contribution in [2.24, 2.45) is 11.8 Å². The summed E-state index contributed by atoms with van der Waals surface area (Å²) in [6.07, 6.45) is -7.32. The standard InChI is InChI=1S/C27H42O11/c1-7-14(4)19-9-8-15(5)24(38-27-23(33)22(32)20(12-28)36-27)25(37-21(31)10-13(2)3)18(30)11-17(29)16(6)26(34)35-19/h7-8,13,16-17,19-20,22-25,27-29,32-33H,9-12H2,1-6H3/b14-7-,15-8-/t16-,17+,19-,20+,22-,23-,24+,25-,27+/m1/s1. The molecule has 11 heteroatoms. The number of carbonyl (C=O) groups is 3. The first-order valence-electron chi connectivity index (χ1n) is 13.0. The highest BCUT2D eigenvalue weighted by molar-refractivity contribution is 5.87. The Kier molecular flexibility index (Phi) is 12.1. The molecule has 0 radical (unpaired) electrons. The zero-order valence-corrected chi connectivity index (χ0v) is 22.9. The lowest BCUT2D eigenvalue weighted by Crippen LogP contribution is -2.47. The van der Waals surface area contributed by atoms with Gasteiger partial charge in [-0.05, 0) is 44.8 Å². The molecule has 0 unspecified atom stereocenters. The van der Waals surface area contributed by atoms with Gasteiger partial charge in [0.15, 0.2) is 18.2 Å². The fourth-order valence-electron chi connectivity index (χ4n) is 4.18. The van der Waals surface area contributed by atoms with E-state index in [9.17, 15) is 34.8 Å². The smallest absolute Gasteiger partial charge is 0.311 e. The third kappa shape index (κ3) is 8.17.